The maximum absolute atomic E-state index is 12.7. The van der Waals surface area contributed by atoms with Gasteiger partial charge in [0.15, 0.2) is 0 Å². The monoisotopic (exact) mass is 313 g/mol. The predicted molar refractivity (Wildman–Crippen MR) is 80.8 cm³/mol. The minimum Gasteiger partial charge on any atom is -0.491 e. The highest BCUT2D eigenvalue weighted by molar-refractivity contribution is 7.89. The van der Waals surface area contributed by atoms with Crippen molar-refractivity contribution >= 4 is 10.0 Å². The van der Waals surface area contributed by atoms with Crippen molar-refractivity contribution in [1.82, 2.24) is 4.31 Å². The lowest BCUT2D eigenvalue weighted by Crippen LogP contribution is -2.38. The Hall–Kier alpha value is -1.11. The second kappa shape index (κ2) is 7.24. The van der Waals surface area contributed by atoms with E-state index in [1.807, 2.05) is 6.92 Å². The summed E-state index contributed by atoms with van der Waals surface area (Å²) in [6.45, 7) is 2.70. The van der Waals surface area contributed by atoms with Crippen molar-refractivity contribution in [3.8, 4) is 5.75 Å². The summed E-state index contributed by atoms with van der Waals surface area (Å²) >= 11 is 0. The molecule has 0 aliphatic carbocycles. The molecule has 0 bridgehead atoms. The highest BCUT2D eigenvalue weighted by Gasteiger charge is 2.29. The number of rotatable bonds is 5. The lowest BCUT2D eigenvalue weighted by Gasteiger charge is -2.26. The van der Waals surface area contributed by atoms with Crippen molar-refractivity contribution in [3.05, 3.63) is 24.3 Å². The fourth-order valence-corrected chi connectivity index (χ4v) is 4.31. The largest absolute Gasteiger partial charge is 0.491 e. The second-order valence-electron chi connectivity index (χ2n) is 5.36. The average Bonchev–Trinajstić information content (AvgIpc) is 2.70. The summed E-state index contributed by atoms with van der Waals surface area (Å²) in [4.78, 5) is 0.299. The van der Waals surface area contributed by atoms with Crippen LogP contribution in [-0.2, 0) is 10.0 Å². The van der Waals surface area contributed by atoms with E-state index in [9.17, 15) is 8.42 Å². The molecule has 1 atom stereocenters. The minimum absolute atomic E-state index is 0.0443. The Morgan fingerprint density at radius 2 is 1.95 bits per heavy atom. The van der Waals surface area contributed by atoms with Gasteiger partial charge in [-0.3, -0.25) is 0 Å². The summed E-state index contributed by atoms with van der Waals surface area (Å²) in [5.41, 5.74) is 0. The topological polar surface area (TPSA) is 66.8 Å². The Bertz CT molecular complexity index is 541. The van der Waals surface area contributed by atoms with Crippen LogP contribution >= 0.6 is 0 Å². The zero-order chi connectivity index (χ0) is 15.3. The maximum Gasteiger partial charge on any atom is 0.243 e. The van der Waals surface area contributed by atoms with Crippen LogP contribution in [-0.4, -0.2) is 43.6 Å². The third-order valence-corrected chi connectivity index (χ3v) is 5.81. The molecule has 1 aromatic rings. The lowest BCUT2D eigenvalue weighted by molar-refractivity contribution is 0.201. The van der Waals surface area contributed by atoms with Crippen molar-refractivity contribution < 1.29 is 18.3 Å². The van der Waals surface area contributed by atoms with E-state index < -0.39 is 10.0 Å². The van der Waals surface area contributed by atoms with Crippen LogP contribution in [0.4, 0.5) is 0 Å². The van der Waals surface area contributed by atoms with Crippen LogP contribution in [0.1, 0.15) is 32.6 Å². The number of hydrogen-bond acceptors (Lipinski definition) is 4. The van der Waals surface area contributed by atoms with Gasteiger partial charge in [0.05, 0.1) is 11.5 Å². The Balaban J connectivity index is 2.18. The van der Waals surface area contributed by atoms with Gasteiger partial charge in [0, 0.05) is 12.6 Å². The molecule has 1 unspecified atom stereocenters. The summed E-state index contributed by atoms with van der Waals surface area (Å²) in [7, 11) is -3.44. The molecular weight excluding hydrogens is 290 g/mol. The Kier molecular flexibility index (Phi) is 5.61. The molecule has 1 aliphatic heterocycles. The normalized spacial score (nSPS) is 21.0. The lowest BCUT2D eigenvalue weighted by atomic mass is 10.1. The molecule has 5 nitrogen and oxygen atoms in total. The van der Waals surface area contributed by atoms with E-state index in [1.54, 1.807) is 28.6 Å². The van der Waals surface area contributed by atoms with E-state index in [2.05, 4.69) is 0 Å². The molecule has 0 saturated carbocycles. The minimum atomic E-state index is -3.44. The van der Waals surface area contributed by atoms with E-state index in [0.717, 1.165) is 25.7 Å². The van der Waals surface area contributed by atoms with Crippen LogP contribution in [0.2, 0.25) is 0 Å². The van der Waals surface area contributed by atoms with E-state index in [4.69, 9.17) is 9.84 Å². The van der Waals surface area contributed by atoms with Gasteiger partial charge in [-0.25, -0.2) is 8.42 Å². The first-order valence-electron chi connectivity index (χ1n) is 7.41. The molecule has 1 heterocycles. The van der Waals surface area contributed by atoms with Crippen LogP contribution in [0.5, 0.6) is 5.75 Å². The number of hydrogen-bond donors (Lipinski definition) is 1. The highest BCUT2D eigenvalue weighted by Crippen LogP contribution is 2.25. The van der Waals surface area contributed by atoms with E-state index in [1.165, 1.54) is 0 Å². The third-order valence-electron chi connectivity index (χ3n) is 3.78. The Morgan fingerprint density at radius 1 is 1.24 bits per heavy atom. The molecule has 6 heteroatoms. The second-order valence-corrected chi connectivity index (χ2v) is 7.25. The average molecular weight is 313 g/mol. The number of ether oxygens (including phenoxy) is 1. The zero-order valence-electron chi connectivity index (χ0n) is 12.4. The van der Waals surface area contributed by atoms with E-state index in [0.29, 0.717) is 17.2 Å². The summed E-state index contributed by atoms with van der Waals surface area (Å²) in [6.07, 6.45) is 4.00. The standard InChI is InChI=1S/C15H23NO4S/c1-13-5-3-2-4-10-16(13)21(18,19)15-8-6-14(7-9-15)20-12-11-17/h6-9,13,17H,2-5,10-12H2,1H3. The van der Waals surface area contributed by atoms with Gasteiger partial charge < -0.3 is 9.84 Å². The Morgan fingerprint density at radius 3 is 2.62 bits per heavy atom. The van der Waals surface area contributed by atoms with Gasteiger partial charge >= 0.3 is 0 Å². The predicted octanol–water partition coefficient (Wildman–Crippen LogP) is 2.01. The molecular formula is C15H23NO4S. The fraction of sp³-hybridized carbons (Fsp3) is 0.600. The van der Waals surface area contributed by atoms with Gasteiger partial charge in [0.1, 0.15) is 12.4 Å². The SMILES string of the molecule is CC1CCCCCN1S(=O)(=O)c1ccc(OCCO)cc1. The molecule has 0 aromatic heterocycles. The third kappa shape index (κ3) is 3.96. The number of nitrogens with zero attached hydrogens (tertiary/aromatic N) is 1. The molecule has 0 amide bonds. The van der Waals surface area contributed by atoms with Crippen molar-refractivity contribution in [1.29, 1.82) is 0 Å². The first kappa shape index (κ1) is 16.3. The molecule has 1 aromatic carbocycles. The first-order valence-corrected chi connectivity index (χ1v) is 8.85. The van der Waals surface area contributed by atoms with E-state index in [-0.39, 0.29) is 19.3 Å². The van der Waals surface area contributed by atoms with Gasteiger partial charge in [0.2, 0.25) is 10.0 Å². The molecule has 1 saturated heterocycles. The quantitative estimate of drug-likeness (QED) is 0.903. The molecule has 118 valence electrons. The summed E-state index contributed by atoms with van der Waals surface area (Å²) in [6, 6.07) is 6.44. The Labute approximate surface area is 126 Å². The van der Waals surface area contributed by atoms with Crippen LogP contribution in [0, 0.1) is 0 Å². The molecule has 2 rings (SSSR count). The van der Waals surface area contributed by atoms with Gasteiger partial charge in [-0.15, -0.1) is 0 Å². The summed E-state index contributed by atoms with van der Waals surface area (Å²) < 4.78 is 32.3. The van der Waals surface area contributed by atoms with Crippen molar-refractivity contribution in [2.45, 2.75) is 43.5 Å². The molecule has 0 spiro atoms. The molecule has 0 radical (unpaired) electrons. The number of aliphatic hydroxyl groups is 1. The van der Waals surface area contributed by atoms with Gasteiger partial charge in [0.25, 0.3) is 0 Å². The highest BCUT2D eigenvalue weighted by atomic mass is 32.2. The maximum atomic E-state index is 12.7. The summed E-state index contributed by atoms with van der Waals surface area (Å²) in [5.74, 6) is 0.562. The fourth-order valence-electron chi connectivity index (χ4n) is 2.61. The number of benzene rings is 1. The van der Waals surface area contributed by atoms with Crippen LogP contribution in [0.15, 0.2) is 29.2 Å². The molecule has 21 heavy (non-hydrogen) atoms. The van der Waals surface area contributed by atoms with Crippen molar-refractivity contribution in [2.75, 3.05) is 19.8 Å². The van der Waals surface area contributed by atoms with E-state index >= 15 is 0 Å². The number of aliphatic hydroxyl groups excluding tert-OH is 1. The van der Waals surface area contributed by atoms with Crippen molar-refractivity contribution in [2.24, 2.45) is 0 Å². The molecule has 1 fully saturated rings. The zero-order valence-corrected chi connectivity index (χ0v) is 13.2. The van der Waals surface area contributed by atoms with Gasteiger partial charge in [-0.2, -0.15) is 4.31 Å². The van der Waals surface area contributed by atoms with Gasteiger partial charge in [-0.05, 0) is 44.0 Å². The first-order chi connectivity index (χ1) is 10.1. The molecule has 1 N–H and O–H groups in total. The van der Waals surface area contributed by atoms with Crippen LogP contribution in [0.25, 0.3) is 0 Å². The van der Waals surface area contributed by atoms with Crippen LogP contribution < -0.4 is 4.74 Å². The molecule has 1 aliphatic rings. The number of sulfonamides is 1. The van der Waals surface area contributed by atoms with Crippen molar-refractivity contribution in [3.63, 3.8) is 0 Å². The van der Waals surface area contributed by atoms with Crippen LogP contribution in [0.3, 0.4) is 0 Å². The smallest absolute Gasteiger partial charge is 0.243 e. The van der Waals surface area contributed by atoms with Gasteiger partial charge in [-0.1, -0.05) is 12.8 Å². The summed E-state index contributed by atoms with van der Waals surface area (Å²) in [5, 5.41) is 8.71.